The number of carboxylic acids is 1. The molecule has 0 amide bonds. The summed E-state index contributed by atoms with van der Waals surface area (Å²) >= 11 is 6.48. The zero-order chi connectivity index (χ0) is 28.6. The van der Waals surface area contributed by atoms with Gasteiger partial charge in [0.15, 0.2) is 5.82 Å². The zero-order valence-corrected chi connectivity index (χ0v) is 23.7. The van der Waals surface area contributed by atoms with Crippen LogP contribution >= 0.6 is 24.0 Å². The number of esters is 1. The number of nitrogens with one attached hydrogen (secondary N) is 1. The first kappa shape index (κ1) is 30.3. The summed E-state index contributed by atoms with van der Waals surface area (Å²) in [5.41, 5.74) is 2.91. The Kier molecular flexibility index (Phi) is 10.3. The molecule has 0 unspecified atom stereocenters. The summed E-state index contributed by atoms with van der Waals surface area (Å²) < 4.78 is 18.7. The molecule has 0 saturated heterocycles. The van der Waals surface area contributed by atoms with Crippen LogP contribution in [0.5, 0.6) is 11.5 Å². The minimum absolute atomic E-state index is 0. The number of rotatable bonds is 12. The van der Waals surface area contributed by atoms with Crippen LogP contribution in [0, 0.1) is 0 Å². The van der Waals surface area contributed by atoms with Gasteiger partial charge >= 0.3 is 11.9 Å². The highest BCUT2D eigenvalue weighted by Gasteiger charge is 2.12. The number of hydrogen-bond donors (Lipinski definition) is 2. The zero-order valence-electron chi connectivity index (χ0n) is 22.1. The molecule has 0 fully saturated rings. The Morgan fingerprint density at radius 2 is 1.69 bits per heavy atom. The number of ether oxygens (including phenoxy) is 3. The molecule has 2 heterocycles. The Balaban J connectivity index is 0.00000405. The molecule has 0 aliphatic carbocycles. The molecule has 0 radical (unpaired) electrons. The third-order valence-corrected chi connectivity index (χ3v) is 6.32. The SMILES string of the molecule is Cl.O=C(O)c1ccc(Oc2ccc(Nc3ncnc4ccn(CCOCCOC(=O)c5ccccc5)c34)cc2Cl)cc1. The fraction of sp³-hybridized carbons (Fsp3) is 0.133. The van der Waals surface area contributed by atoms with Crippen LogP contribution in [0.3, 0.4) is 0 Å². The Bertz CT molecular complexity index is 1660. The van der Waals surface area contributed by atoms with Crippen LogP contribution in [-0.4, -0.2) is 51.4 Å². The van der Waals surface area contributed by atoms with E-state index in [2.05, 4.69) is 15.3 Å². The second-order valence-electron chi connectivity index (χ2n) is 8.78. The molecule has 0 atom stereocenters. The lowest BCUT2D eigenvalue weighted by molar-refractivity contribution is 0.0307. The van der Waals surface area contributed by atoms with Crippen LogP contribution in [0.1, 0.15) is 20.7 Å². The molecule has 2 aromatic heterocycles. The maximum atomic E-state index is 12.0. The van der Waals surface area contributed by atoms with Gasteiger partial charge in [-0.05, 0) is 60.7 Å². The van der Waals surface area contributed by atoms with Crippen LogP contribution in [0.2, 0.25) is 5.02 Å². The van der Waals surface area contributed by atoms with Gasteiger partial charge in [0.2, 0.25) is 0 Å². The fourth-order valence-corrected chi connectivity index (χ4v) is 4.24. The number of anilines is 2. The molecule has 0 saturated carbocycles. The summed E-state index contributed by atoms with van der Waals surface area (Å²) in [7, 11) is 0. The number of aromatic nitrogens is 3. The molecule has 12 heteroatoms. The van der Waals surface area contributed by atoms with Crippen LogP contribution in [-0.2, 0) is 16.0 Å². The number of carbonyl (C=O) groups is 2. The minimum Gasteiger partial charge on any atom is -0.478 e. The summed E-state index contributed by atoms with van der Waals surface area (Å²) in [6.07, 6.45) is 3.38. The van der Waals surface area contributed by atoms with Gasteiger partial charge in [0.1, 0.15) is 29.9 Å². The number of carbonyl (C=O) groups excluding carboxylic acids is 1. The molecule has 0 aliphatic heterocycles. The lowest BCUT2D eigenvalue weighted by Crippen LogP contribution is -2.13. The van der Waals surface area contributed by atoms with Crippen molar-refractivity contribution in [2.24, 2.45) is 0 Å². The van der Waals surface area contributed by atoms with E-state index in [4.69, 9.17) is 30.9 Å². The van der Waals surface area contributed by atoms with Gasteiger partial charge in [-0.15, -0.1) is 12.4 Å². The fourth-order valence-electron chi connectivity index (χ4n) is 4.02. The maximum Gasteiger partial charge on any atom is 0.338 e. The third kappa shape index (κ3) is 7.55. The average molecular weight is 609 g/mol. The largest absolute Gasteiger partial charge is 0.478 e. The molecule has 5 rings (SSSR count). The van der Waals surface area contributed by atoms with Gasteiger partial charge in [0, 0.05) is 18.4 Å². The standard InChI is InChI=1S/C30H25ClN4O6.ClH/c31-24-18-22(8-11-26(24)41-23-9-6-20(7-10-23)29(36)37)34-28-27-25(32-19-33-28)12-13-35(27)14-15-39-16-17-40-30(38)21-4-2-1-3-5-21;/h1-13,18-19H,14-17H2,(H,36,37)(H,32,33,34);1H. The number of nitrogens with zero attached hydrogens (tertiary/aromatic N) is 3. The highest BCUT2D eigenvalue weighted by atomic mass is 35.5. The predicted octanol–water partition coefficient (Wildman–Crippen LogP) is 6.61. The molecule has 3 aromatic carbocycles. The van der Waals surface area contributed by atoms with Crippen molar-refractivity contribution in [2.75, 3.05) is 25.1 Å². The van der Waals surface area contributed by atoms with Gasteiger partial charge in [-0.3, -0.25) is 0 Å². The summed E-state index contributed by atoms with van der Waals surface area (Å²) in [5.74, 6) is 0.0790. The van der Waals surface area contributed by atoms with E-state index in [1.165, 1.54) is 18.5 Å². The van der Waals surface area contributed by atoms with Gasteiger partial charge in [-0.1, -0.05) is 29.8 Å². The number of fused-ring (bicyclic) bond motifs is 1. The summed E-state index contributed by atoms with van der Waals surface area (Å²) in [5, 5.41) is 12.7. The summed E-state index contributed by atoms with van der Waals surface area (Å²) in [4.78, 5) is 31.8. The Hall–Kier alpha value is -4.64. The monoisotopic (exact) mass is 608 g/mol. The Morgan fingerprint density at radius 1 is 0.905 bits per heavy atom. The van der Waals surface area contributed by atoms with E-state index >= 15 is 0 Å². The van der Waals surface area contributed by atoms with Gasteiger partial charge in [-0.25, -0.2) is 19.6 Å². The molecule has 216 valence electrons. The van der Waals surface area contributed by atoms with Crippen LogP contribution < -0.4 is 10.1 Å². The van der Waals surface area contributed by atoms with E-state index in [1.807, 2.05) is 22.9 Å². The number of hydrogen-bond acceptors (Lipinski definition) is 8. The summed E-state index contributed by atoms with van der Waals surface area (Å²) in [6.45, 7) is 1.36. The van der Waals surface area contributed by atoms with Crippen molar-refractivity contribution in [3.63, 3.8) is 0 Å². The van der Waals surface area contributed by atoms with Crippen molar-refractivity contribution < 1.29 is 28.9 Å². The second-order valence-corrected chi connectivity index (χ2v) is 9.19. The van der Waals surface area contributed by atoms with Crippen molar-refractivity contribution in [1.29, 1.82) is 0 Å². The first-order chi connectivity index (χ1) is 20.0. The van der Waals surface area contributed by atoms with Gasteiger partial charge in [0.25, 0.3) is 0 Å². The topological polar surface area (TPSA) is 125 Å². The highest BCUT2D eigenvalue weighted by molar-refractivity contribution is 6.32. The predicted molar refractivity (Wildman–Crippen MR) is 161 cm³/mol. The van der Waals surface area contributed by atoms with E-state index in [0.29, 0.717) is 46.7 Å². The average Bonchev–Trinajstić information content (AvgIpc) is 3.41. The molecule has 42 heavy (non-hydrogen) atoms. The molecule has 10 nitrogen and oxygen atoms in total. The van der Waals surface area contributed by atoms with Crippen molar-refractivity contribution >= 4 is 58.5 Å². The number of aromatic carboxylic acids is 1. The van der Waals surface area contributed by atoms with E-state index in [1.54, 1.807) is 54.6 Å². The maximum absolute atomic E-state index is 12.0. The van der Waals surface area contributed by atoms with E-state index < -0.39 is 5.97 Å². The smallest absolute Gasteiger partial charge is 0.338 e. The Morgan fingerprint density at radius 3 is 2.43 bits per heavy atom. The van der Waals surface area contributed by atoms with Crippen LogP contribution in [0.25, 0.3) is 11.0 Å². The van der Waals surface area contributed by atoms with Crippen LogP contribution in [0.15, 0.2) is 91.4 Å². The molecule has 2 N–H and O–H groups in total. The molecule has 0 spiro atoms. The summed E-state index contributed by atoms with van der Waals surface area (Å²) in [6, 6.07) is 22.0. The molecular weight excluding hydrogens is 583 g/mol. The quantitative estimate of drug-likeness (QED) is 0.119. The van der Waals surface area contributed by atoms with Crippen molar-refractivity contribution in [2.45, 2.75) is 6.54 Å². The minimum atomic E-state index is -1.01. The number of halogens is 2. The van der Waals surface area contributed by atoms with Gasteiger partial charge in [-0.2, -0.15) is 0 Å². The lowest BCUT2D eigenvalue weighted by Gasteiger charge is -2.13. The van der Waals surface area contributed by atoms with Crippen LogP contribution in [0.4, 0.5) is 11.5 Å². The van der Waals surface area contributed by atoms with Crippen molar-refractivity contribution in [1.82, 2.24) is 14.5 Å². The number of benzene rings is 3. The molecule has 5 aromatic rings. The second kappa shape index (κ2) is 14.3. The third-order valence-electron chi connectivity index (χ3n) is 6.02. The number of carboxylic acid groups (broad SMARTS) is 1. The molecule has 0 aliphatic rings. The van der Waals surface area contributed by atoms with Gasteiger partial charge < -0.3 is 29.2 Å². The van der Waals surface area contributed by atoms with Crippen molar-refractivity contribution in [3.05, 3.63) is 108 Å². The van der Waals surface area contributed by atoms with E-state index in [-0.39, 0.29) is 37.2 Å². The Labute approximate surface area is 252 Å². The molecular formula is C30H26Cl2N4O6. The van der Waals surface area contributed by atoms with Crippen molar-refractivity contribution in [3.8, 4) is 11.5 Å². The van der Waals surface area contributed by atoms with E-state index in [0.717, 1.165) is 11.0 Å². The normalized spacial score (nSPS) is 10.6. The first-order valence-electron chi connectivity index (χ1n) is 12.7. The molecule has 0 bridgehead atoms. The highest BCUT2D eigenvalue weighted by Crippen LogP contribution is 2.33. The lowest BCUT2D eigenvalue weighted by atomic mass is 10.2. The van der Waals surface area contributed by atoms with Gasteiger partial charge in [0.05, 0.1) is 34.9 Å². The van der Waals surface area contributed by atoms with E-state index in [9.17, 15) is 9.59 Å². The first-order valence-corrected chi connectivity index (χ1v) is 13.0.